The van der Waals surface area contributed by atoms with Crippen LogP contribution in [0.3, 0.4) is 0 Å². The van der Waals surface area contributed by atoms with Gasteiger partial charge in [-0.2, -0.15) is 0 Å². The van der Waals surface area contributed by atoms with Crippen LogP contribution >= 0.6 is 0 Å². The molecule has 1 aliphatic rings. The molecule has 166 valence electrons. The summed E-state index contributed by atoms with van der Waals surface area (Å²) in [6.45, 7) is 7.29. The van der Waals surface area contributed by atoms with Crippen LogP contribution in [0.25, 0.3) is 0 Å². The van der Waals surface area contributed by atoms with E-state index in [-0.39, 0.29) is 19.2 Å². The molecule has 9 nitrogen and oxygen atoms in total. The van der Waals surface area contributed by atoms with Crippen molar-refractivity contribution in [1.82, 2.24) is 15.1 Å². The second kappa shape index (κ2) is 10.8. The summed E-state index contributed by atoms with van der Waals surface area (Å²) in [7, 11) is 1.31. The maximum atomic E-state index is 12.3. The number of nitrogens with one attached hydrogen (secondary N) is 1. The largest absolute Gasteiger partial charge is 0.468 e. The summed E-state index contributed by atoms with van der Waals surface area (Å²) in [4.78, 5) is 39.9. The molecule has 1 fully saturated rings. The number of rotatable bonds is 6. The number of hydrogen-bond acceptors (Lipinski definition) is 7. The second-order valence-electron chi connectivity index (χ2n) is 7.98. The van der Waals surface area contributed by atoms with Crippen molar-refractivity contribution < 1.29 is 28.6 Å². The maximum absolute atomic E-state index is 12.3. The normalized spacial score (nSPS) is 15.8. The number of alkyl carbamates (subject to hydrolysis) is 1. The second-order valence-corrected chi connectivity index (χ2v) is 7.98. The van der Waals surface area contributed by atoms with Gasteiger partial charge in [0.25, 0.3) is 0 Å². The smallest absolute Gasteiger partial charge is 0.410 e. The first-order valence-corrected chi connectivity index (χ1v) is 9.94. The summed E-state index contributed by atoms with van der Waals surface area (Å²) in [5.41, 5.74) is 0.291. The van der Waals surface area contributed by atoms with Crippen LogP contribution in [0, 0.1) is 0 Å². The average molecular weight is 421 g/mol. The summed E-state index contributed by atoms with van der Waals surface area (Å²) in [5, 5.41) is 2.62. The zero-order valence-electron chi connectivity index (χ0n) is 18.1. The van der Waals surface area contributed by atoms with Crippen molar-refractivity contribution in [2.75, 3.05) is 39.8 Å². The Kier molecular flexibility index (Phi) is 8.46. The predicted octanol–water partition coefficient (Wildman–Crippen LogP) is 2.01. The van der Waals surface area contributed by atoms with Crippen molar-refractivity contribution in [2.45, 2.75) is 39.0 Å². The van der Waals surface area contributed by atoms with Crippen molar-refractivity contribution in [3.63, 3.8) is 0 Å². The fourth-order valence-electron chi connectivity index (χ4n) is 3.02. The molecule has 1 aromatic carbocycles. The average Bonchev–Trinajstić information content (AvgIpc) is 2.71. The molecule has 1 unspecified atom stereocenters. The Labute approximate surface area is 177 Å². The molecule has 1 saturated heterocycles. The number of esters is 1. The molecule has 9 heteroatoms. The third-order valence-corrected chi connectivity index (χ3v) is 4.53. The lowest BCUT2D eigenvalue weighted by atomic mass is 10.2. The van der Waals surface area contributed by atoms with Crippen molar-refractivity contribution in [1.29, 1.82) is 0 Å². The maximum Gasteiger partial charge on any atom is 0.410 e. The molecule has 1 heterocycles. The molecule has 2 amide bonds. The molecule has 1 N–H and O–H groups in total. The fraction of sp³-hybridized carbons (Fsp3) is 0.571. The molecule has 1 atom stereocenters. The predicted molar refractivity (Wildman–Crippen MR) is 110 cm³/mol. The lowest BCUT2D eigenvalue weighted by Crippen LogP contribution is -2.57. The molecule has 0 spiro atoms. The first-order valence-electron chi connectivity index (χ1n) is 9.94. The molecular weight excluding hydrogens is 390 g/mol. The molecule has 1 aromatic rings. The number of amides is 2. The van der Waals surface area contributed by atoms with Gasteiger partial charge >= 0.3 is 18.2 Å². The Hall–Kier alpha value is -2.81. The van der Waals surface area contributed by atoms with Crippen molar-refractivity contribution in [3.05, 3.63) is 35.9 Å². The van der Waals surface area contributed by atoms with E-state index in [1.54, 1.807) is 25.7 Å². The molecule has 30 heavy (non-hydrogen) atoms. The van der Waals surface area contributed by atoms with Crippen LogP contribution in [0.5, 0.6) is 0 Å². The van der Waals surface area contributed by atoms with E-state index in [0.29, 0.717) is 26.2 Å². The minimum Gasteiger partial charge on any atom is -0.468 e. The Morgan fingerprint density at radius 2 is 1.70 bits per heavy atom. The Morgan fingerprint density at radius 1 is 1.07 bits per heavy atom. The van der Waals surface area contributed by atoms with E-state index in [0.717, 1.165) is 5.56 Å². The quantitative estimate of drug-likeness (QED) is 0.554. The lowest BCUT2D eigenvalue weighted by Gasteiger charge is -2.37. The number of carbonyl (C=O) groups excluding carboxylic acids is 3. The Morgan fingerprint density at radius 3 is 2.27 bits per heavy atom. The van der Waals surface area contributed by atoms with Gasteiger partial charge in [-0.15, -0.1) is 0 Å². The summed E-state index contributed by atoms with van der Waals surface area (Å²) in [6, 6.07) is 8.80. The number of methoxy groups -OCH3 is 1. The van der Waals surface area contributed by atoms with Gasteiger partial charge in [0, 0.05) is 32.7 Å². The number of benzene rings is 1. The number of nitrogens with zero attached hydrogens (tertiary/aromatic N) is 2. The minimum absolute atomic E-state index is 0.0556. The number of piperazine rings is 1. The monoisotopic (exact) mass is 421 g/mol. The van der Waals surface area contributed by atoms with Crippen LogP contribution in [-0.4, -0.2) is 79.4 Å². The van der Waals surface area contributed by atoms with Crippen LogP contribution in [0.2, 0.25) is 0 Å². The van der Waals surface area contributed by atoms with Gasteiger partial charge in [-0.1, -0.05) is 30.3 Å². The molecule has 0 aromatic heterocycles. The molecule has 0 aliphatic carbocycles. The highest BCUT2D eigenvalue weighted by Crippen LogP contribution is 2.11. The van der Waals surface area contributed by atoms with Crippen molar-refractivity contribution >= 4 is 18.2 Å². The van der Waals surface area contributed by atoms with E-state index in [9.17, 15) is 14.4 Å². The van der Waals surface area contributed by atoms with Gasteiger partial charge in [-0.25, -0.2) is 9.59 Å². The SMILES string of the molecule is COC(=O)C(CNC(=O)OC(C)(C)C)N1CCN(C(=O)OCc2ccccc2)CC1. The number of carbonyl (C=O) groups is 3. The van der Waals surface area contributed by atoms with E-state index >= 15 is 0 Å². The number of hydrogen-bond donors (Lipinski definition) is 1. The zero-order valence-corrected chi connectivity index (χ0v) is 18.1. The third-order valence-electron chi connectivity index (χ3n) is 4.53. The van der Waals surface area contributed by atoms with Gasteiger partial charge in [0.1, 0.15) is 18.2 Å². The van der Waals surface area contributed by atoms with Gasteiger partial charge in [0.2, 0.25) is 0 Å². The van der Waals surface area contributed by atoms with Crippen molar-refractivity contribution in [3.8, 4) is 0 Å². The van der Waals surface area contributed by atoms with Crippen LogP contribution in [0.15, 0.2) is 30.3 Å². The van der Waals surface area contributed by atoms with Gasteiger partial charge in [0.15, 0.2) is 0 Å². The van der Waals surface area contributed by atoms with Crippen LogP contribution in [-0.2, 0) is 25.6 Å². The minimum atomic E-state index is -0.662. The van der Waals surface area contributed by atoms with Crippen LogP contribution in [0.1, 0.15) is 26.3 Å². The number of ether oxygens (including phenoxy) is 3. The fourth-order valence-corrected chi connectivity index (χ4v) is 3.02. The summed E-state index contributed by atoms with van der Waals surface area (Å²) in [5.74, 6) is -0.453. The van der Waals surface area contributed by atoms with E-state index in [1.807, 2.05) is 35.2 Å². The zero-order chi connectivity index (χ0) is 22.1. The van der Waals surface area contributed by atoms with Crippen LogP contribution in [0.4, 0.5) is 9.59 Å². The Balaban J connectivity index is 1.83. The lowest BCUT2D eigenvalue weighted by molar-refractivity contribution is -0.147. The first-order chi connectivity index (χ1) is 14.2. The molecule has 0 bridgehead atoms. The standard InChI is InChI=1S/C21H31N3O6/c1-21(2,3)30-19(26)22-14-17(18(25)28-4)23-10-12-24(13-11-23)20(27)29-15-16-8-6-5-7-9-16/h5-9,17H,10-15H2,1-4H3,(H,22,26). The van der Waals surface area contributed by atoms with Gasteiger partial charge in [-0.3, -0.25) is 9.69 Å². The van der Waals surface area contributed by atoms with Crippen molar-refractivity contribution in [2.24, 2.45) is 0 Å². The summed E-state index contributed by atoms with van der Waals surface area (Å²) in [6.07, 6.45) is -0.987. The highest BCUT2D eigenvalue weighted by atomic mass is 16.6. The third kappa shape index (κ3) is 7.55. The van der Waals surface area contributed by atoms with Gasteiger partial charge in [0.05, 0.1) is 7.11 Å². The summed E-state index contributed by atoms with van der Waals surface area (Å²) < 4.78 is 15.5. The van der Waals surface area contributed by atoms with Gasteiger partial charge < -0.3 is 24.4 Å². The summed E-state index contributed by atoms with van der Waals surface area (Å²) >= 11 is 0. The molecule has 0 saturated carbocycles. The van der Waals surface area contributed by atoms with Gasteiger partial charge in [-0.05, 0) is 26.3 Å². The van der Waals surface area contributed by atoms with E-state index in [4.69, 9.17) is 14.2 Å². The molecule has 2 rings (SSSR count). The highest BCUT2D eigenvalue weighted by molar-refractivity contribution is 5.77. The topological polar surface area (TPSA) is 97.4 Å². The Bertz CT molecular complexity index is 711. The van der Waals surface area contributed by atoms with E-state index < -0.39 is 23.7 Å². The van der Waals surface area contributed by atoms with E-state index in [1.165, 1.54) is 7.11 Å². The molecule has 0 radical (unpaired) electrons. The van der Waals surface area contributed by atoms with Crippen LogP contribution < -0.4 is 5.32 Å². The van der Waals surface area contributed by atoms with E-state index in [2.05, 4.69) is 5.32 Å². The first kappa shape index (κ1) is 23.5. The molecule has 1 aliphatic heterocycles. The highest BCUT2D eigenvalue weighted by Gasteiger charge is 2.32. The molecular formula is C21H31N3O6.